The van der Waals surface area contributed by atoms with Gasteiger partial charge in [0.2, 0.25) is 5.91 Å². The van der Waals surface area contributed by atoms with Crippen LogP contribution in [0, 0.1) is 0 Å². The number of benzene rings is 1. The van der Waals surface area contributed by atoms with Gasteiger partial charge in [-0.05, 0) is 18.6 Å². The van der Waals surface area contributed by atoms with Crippen LogP contribution in [0.1, 0.15) is 24.7 Å². The summed E-state index contributed by atoms with van der Waals surface area (Å²) in [6.07, 6.45) is 3.23. The molecule has 0 bridgehead atoms. The lowest BCUT2D eigenvalue weighted by molar-refractivity contribution is -0.131. The Morgan fingerprint density at radius 1 is 1.46 bits per heavy atom. The maximum absolute atomic E-state index is 12.9. The number of nitrogens with zero attached hydrogens (tertiary/aromatic N) is 3. The number of imidazole rings is 1. The second-order valence-electron chi connectivity index (χ2n) is 5.80. The highest BCUT2D eigenvalue weighted by Crippen LogP contribution is 2.30. The van der Waals surface area contributed by atoms with Gasteiger partial charge in [0.1, 0.15) is 5.52 Å². The monoisotopic (exact) mass is 342 g/mol. The number of rotatable bonds is 4. The summed E-state index contributed by atoms with van der Waals surface area (Å²) < 4.78 is 5.75. The number of H-pyrrole nitrogens is 1. The van der Waals surface area contributed by atoms with Crippen LogP contribution < -0.4 is 0 Å². The van der Waals surface area contributed by atoms with Crippen LogP contribution in [0.2, 0.25) is 0 Å². The number of aromatic amines is 1. The molecular weight excluding hydrogens is 324 g/mol. The topological polar surface area (TPSA) is 75.0 Å². The van der Waals surface area contributed by atoms with E-state index in [9.17, 15) is 4.79 Å². The first-order chi connectivity index (χ1) is 11.7. The molecule has 1 amide bonds. The lowest BCUT2D eigenvalue weighted by atomic mass is 10.1. The molecule has 0 aliphatic carbocycles. The van der Waals surface area contributed by atoms with Gasteiger partial charge in [-0.15, -0.1) is 0 Å². The van der Waals surface area contributed by atoms with Crippen molar-refractivity contribution >= 4 is 28.8 Å². The van der Waals surface area contributed by atoms with E-state index >= 15 is 0 Å². The van der Waals surface area contributed by atoms with E-state index in [0.29, 0.717) is 18.3 Å². The highest BCUT2D eigenvalue weighted by atomic mass is 32.2. The van der Waals surface area contributed by atoms with Gasteiger partial charge < -0.3 is 14.3 Å². The number of thioether (sulfide) groups is 1. The minimum atomic E-state index is -0.192. The van der Waals surface area contributed by atoms with E-state index in [1.807, 2.05) is 36.1 Å². The molecule has 7 heteroatoms. The number of hydrogen-bond donors (Lipinski definition) is 1. The number of nitrogens with one attached hydrogen (secondary N) is 1. The Bertz CT molecular complexity index is 839. The molecule has 1 aliphatic rings. The number of oxazole rings is 1. The van der Waals surface area contributed by atoms with E-state index in [-0.39, 0.29) is 11.2 Å². The minimum Gasteiger partial charge on any atom is -0.431 e. The number of carbonyl (C=O) groups is 1. The SMILES string of the molecule is CCC(Sc1nc2ccccc2o1)C(=O)N1CCc2nc[nH]c2C1. The standard InChI is InChI=1S/C17H18N4O2S/c1-2-15(24-17-20-12-5-3-4-6-14(12)23-17)16(22)21-8-7-11-13(9-21)19-10-18-11/h3-6,10,15H,2,7-9H2,1H3,(H,18,19). The van der Waals surface area contributed by atoms with Gasteiger partial charge in [-0.3, -0.25) is 4.79 Å². The average molecular weight is 342 g/mol. The number of amides is 1. The lowest BCUT2D eigenvalue weighted by Gasteiger charge is -2.29. The molecular formula is C17H18N4O2S. The van der Waals surface area contributed by atoms with Gasteiger partial charge in [0.25, 0.3) is 5.22 Å². The van der Waals surface area contributed by atoms with Crippen LogP contribution in [0.25, 0.3) is 11.1 Å². The van der Waals surface area contributed by atoms with Crippen LogP contribution in [-0.4, -0.2) is 37.6 Å². The Morgan fingerprint density at radius 3 is 3.17 bits per heavy atom. The Morgan fingerprint density at radius 2 is 2.33 bits per heavy atom. The van der Waals surface area contributed by atoms with Crippen LogP contribution >= 0.6 is 11.8 Å². The molecule has 3 aromatic rings. The van der Waals surface area contributed by atoms with Crippen molar-refractivity contribution in [1.82, 2.24) is 19.9 Å². The summed E-state index contributed by atoms with van der Waals surface area (Å²) in [7, 11) is 0. The van der Waals surface area contributed by atoms with E-state index in [4.69, 9.17) is 4.42 Å². The number of fused-ring (bicyclic) bond motifs is 2. The number of hydrogen-bond acceptors (Lipinski definition) is 5. The summed E-state index contributed by atoms with van der Waals surface area (Å²) in [5.41, 5.74) is 3.68. The molecule has 0 spiro atoms. The molecule has 124 valence electrons. The average Bonchev–Trinajstić information content (AvgIpc) is 3.24. The molecule has 0 saturated heterocycles. The van der Waals surface area contributed by atoms with Crippen LogP contribution in [0.15, 0.2) is 40.2 Å². The first-order valence-electron chi connectivity index (χ1n) is 8.06. The third-order valence-corrected chi connectivity index (χ3v) is 5.45. The fourth-order valence-corrected chi connectivity index (χ4v) is 3.88. The molecule has 1 unspecified atom stereocenters. The predicted octanol–water partition coefficient (Wildman–Crippen LogP) is 3.01. The van der Waals surface area contributed by atoms with Crippen molar-refractivity contribution in [3.8, 4) is 0 Å². The van der Waals surface area contributed by atoms with Gasteiger partial charge in [-0.25, -0.2) is 9.97 Å². The van der Waals surface area contributed by atoms with Gasteiger partial charge in [-0.1, -0.05) is 30.8 Å². The van der Waals surface area contributed by atoms with E-state index in [0.717, 1.165) is 35.3 Å². The Balaban J connectivity index is 1.49. The Labute approximate surface area is 143 Å². The van der Waals surface area contributed by atoms with Crippen LogP contribution in [0.5, 0.6) is 0 Å². The second kappa shape index (κ2) is 6.32. The molecule has 0 saturated carbocycles. The fraction of sp³-hybridized carbons (Fsp3) is 0.353. The van der Waals surface area contributed by atoms with Crippen molar-refractivity contribution in [2.75, 3.05) is 6.54 Å². The van der Waals surface area contributed by atoms with Crippen molar-refractivity contribution in [2.24, 2.45) is 0 Å². The van der Waals surface area contributed by atoms with Gasteiger partial charge in [0, 0.05) is 13.0 Å². The molecule has 1 aliphatic heterocycles. The van der Waals surface area contributed by atoms with Crippen molar-refractivity contribution in [1.29, 1.82) is 0 Å². The van der Waals surface area contributed by atoms with E-state index in [1.54, 1.807) is 6.33 Å². The molecule has 0 radical (unpaired) electrons. The zero-order chi connectivity index (χ0) is 16.5. The summed E-state index contributed by atoms with van der Waals surface area (Å²) in [6.45, 7) is 3.32. The molecule has 2 aromatic heterocycles. The van der Waals surface area contributed by atoms with Crippen molar-refractivity contribution < 1.29 is 9.21 Å². The zero-order valence-corrected chi connectivity index (χ0v) is 14.2. The Hall–Kier alpha value is -2.28. The molecule has 6 nitrogen and oxygen atoms in total. The summed E-state index contributed by atoms with van der Waals surface area (Å²) in [5.74, 6) is 0.130. The van der Waals surface area contributed by atoms with Gasteiger partial charge in [-0.2, -0.15) is 0 Å². The number of para-hydroxylation sites is 2. The molecule has 0 fully saturated rings. The number of carbonyl (C=O) groups excluding carboxylic acids is 1. The van der Waals surface area contributed by atoms with Crippen LogP contribution in [0.3, 0.4) is 0 Å². The first-order valence-corrected chi connectivity index (χ1v) is 8.94. The summed E-state index contributed by atoms with van der Waals surface area (Å²) in [4.78, 5) is 26.6. The minimum absolute atomic E-state index is 0.130. The van der Waals surface area contributed by atoms with Crippen molar-refractivity contribution in [3.05, 3.63) is 42.0 Å². The third kappa shape index (κ3) is 2.80. The number of aromatic nitrogens is 3. The van der Waals surface area contributed by atoms with E-state index < -0.39 is 0 Å². The highest BCUT2D eigenvalue weighted by molar-refractivity contribution is 8.00. The largest absolute Gasteiger partial charge is 0.431 e. The lowest BCUT2D eigenvalue weighted by Crippen LogP contribution is -2.41. The fourth-order valence-electron chi connectivity index (χ4n) is 2.94. The van der Waals surface area contributed by atoms with Gasteiger partial charge in [0.05, 0.1) is 29.5 Å². The second-order valence-corrected chi connectivity index (χ2v) is 6.95. The molecule has 1 N–H and O–H groups in total. The quantitative estimate of drug-likeness (QED) is 0.738. The van der Waals surface area contributed by atoms with Crippen molar-refractivity contribution in [2.45, 2.75) is 36.8 Å². The first kappa shape index (κ1) is 15.3. The predicted molar refractivity (Wildman–Crippen MR) is 91.7 cm³/mol. The maximum atomic E-state index is 12.9. The summed E-state index contributed by atoms with van der Waals surface area (Å²) in [5, 5.41) is 0.359. The smallest absolute Gasteiger partial charge is 0.257 e. The van der Waals surface area contributed by atoms with Gasteiger partial charge >= 0.3 is 0 Å². The van der Waals surface area contributed by atoms with E-state index in [2.05, 4.69) is 15.0 Å². The zero-order valence-electron chi connectivity index (χ0n) is 13.4. The third-order valence-electron chi connectivity index (χ3n) is 4.25. The van der Waals surface area contributed by atoms with Gasteiger partial charge in [0.15, 0.2) is 5.58 Å². The molecule has 3 heterocycles. The highest BCUT2D eigenvalue weighted by Gasteiger charge is 2.29. The maximum Gasteiger partial charge on any atom is 0.257 e. The normalized spacial score (nSPS) is 15.5. The summed E-state index contributed by atoms with van der Waals surface area (Å²) in [6, 6.07) is 7.65. The summed E-state index contributed by atoms with van der Waals surface area (Å²) >= 11 is 1.40. The molecule has 4 rings (SSSR count). The Kier molecular flexibility index (Phi) is 4.02. The van der Waals surface area contributed by atoms with E-state index in [1.165, 1.54) is 11.8 Å². The van der Waals surface area contributed by atoms with Crippen LogP contribution in [-0.2, 0) is 17.8 Å². The van der Waals surface area contributed by atoms with Crippen LogP contribution in [0.4, 0.5) is 0 Å². The molecule has 1 aromatic carbocycles. The molecule has 1 atom stereocenters. The molecule has 24 heavy (non-hydrogen) atoms. The van der Waals surface area contributed by atoms with Crippen molar-refractivity contribution in [3.63, 3.8) is 0 Å².